The quantitative estimate of drug-likeness (QED) is 0.679. The molecule has 1 aromatic heterocycles. The lowest BCUT2D eigenvalue weighted by Gasteiger charge is -2.13. The molecule has 0 fully saturated rings. The number of hydrogen-bond acceptors (Lipinski definition) is 4. The number of rotatable bonds is 5. The first-order valence-electron chi connectivity index (χ1n) is 5.78. The molecule has 0 saturated heterocycles. The lowest BCUT2D eigenvalue weighted by molar-refractivity contribution is -0.138. The van der Waals surface area contributed by atoms with Crippen LogP contribution in [0.1, 0.15) is 17.0 Å². The van der Waals surface area contributed by atoms with Crippen molar-refractivity contribution >= 4 is 0 Å². The Hall–Kier alpha value is -1.96. The number of hydrogen-bond donors (Lipinski definition) is 1. The fourth-order valence-electron chi connectivity index (χ4n) is 1.69. The molecule has 0 aliphatic carbocycles. The van der Waals surface area contributed by atoms with E-state index in [-0.39, 0.29) is 12.1 Å². The average molecular weight is 289 g/mol. The van der Waals surface area contributed by atoms with Crippen molar-refractivity contribution in [3.05, 3.63) is 47.4 Å². The Morgan fingerprint density at radius 3 is 2.70 bits per heavy atom. The first-order valence-corrected chi connectivity index (χ1v) is 5.78. The van der Waals surface area contributed by atoms with Gasteiger partial charge in [0.2, 0.25) is 6.39 Å². The fourth-order valence-corrected chi connectivity index (χ4v) is 1.69. The van der Waals surface area contributed by atoms with Crippen LogP contribution in [0.2, 0.25) is 0 Å². The second kappa shape index (κ2) is 6.00. The zero-order chi connectivity index (χ0) is 14.6. The standard InChI is InChI=1S/C12H11F4N3O/c13-9-2-1-8(10(5-9)12(14,15)16)6-17-4-3-11-18-7-20-19-11/h1-2,5,7,17H,3-4,6H2. The van der Waals surface area contributed by atoms with E-state index in [1.165, 1.54) is 6.39 Å². The highest BCUT2D eigenvalue weighted by molar-refractivity contribution is 5.30. The summed E-state index contributed by atoms with van der Waals surface area (Å²) in [5.74, 6) is -0.444. The van der Waals surface area contributed by atoms with Crippen molar-refractivity contribution in [3.63, 3.8) is 0 Å². The lowest BCUT2D eigenvalue weighted by Crippen LogP contribution is -2.20. The van der Waals surface area contributed by atoms with E-state index in [1.807, 2.05) is 0 Å². The van der Waals surface area contributed by atoms with Gasteiger partial charge < -0.3 is 9.84 Å². The van der Waals surface area contributed by atoms with E-state index in [9.17, 15) is 17.6 Å². The second-order valence-electron chi connectivity index (χ2n) is 4.07. The molecule has 0 spiro atoms. The van der Waals surface area contributed by atoms with Crippen molar-refractivity contribution in [2.75, 3.05) is 6.54 Å². The monoisotopic (exact) mass is 289 g/mol. The van der Waals surface area contributed by atoms with Crippen molar-refractivity contribution in [3.8, 4) is 0 Å². The van der Waals surface area contributed by atoms with Crippen molar-refractivity contribution in [1.29, 1.82) is 0 Å². The van der Waals surface area contributed by atoms with Gasteiger partial charge in [-0.15, -0.1) is 0 Å². The SMILES string of the molecule is Fc1ccc(CNCCc2ncon2)c(C(F)(F)F)c1. The number of benzene rings is 1. The van der Waals surface area contributed by atoms with E-state index in [2.05, 4.69) is 20.0 Å². The highest BCUT2D eigenvalue weighted by Crippen LogP contribution is 2.32. The Morgan fingerprint density at radius 2 is 2.05 bits per heavy atom. The van der Waals surface area contributed by atoms with E-state index >= 15 is 0 Å². The highest BCUT2D eigenvalue weighted by atomic mass is 19.4. The third kappa shape index (κ3) is 3.77. The smallest absolute Gasteiger partial charge is 0.343 e. The summed E-state index contributed by atoms with van der Waals surface area (Å²) in [7, 11) is 0. The number of nitrogens with one attached hydrogen (secondary N) is 1. The van der Waals surface area contributed by atoms with Crippen LogP contribution in [-0.2, 0) is 19.1 Å². The van der Waals surface area contributed by atoms with Crippen LogP contribution in [0.15, 0.2) is 29.1 Å². The van der Waals surface area contributed by atoms with E-state index in [4.69, 9.17) is 0 Å². The molecule has 1 N–H and O–H groups in total. The second-order valence-corrected chi connectivity index (χ2v) is 4.07. The Bertz CT molecular complexity index is 554. The summed E-state index contributed by atoms with van der Waals surface area (Å²) in [6, 6.07) is 2.63. The van der Waals surface area contributed by atoms with Gasteiger partial charge in [-0.1, -0.05) is 11.2 Å². The predicted octanol–water partition coefficient (Wildman–Crippen LogP) is 2.56. The van der Waals surface area contributed by atoms with Crippen LogP contribution in [0.25, 0.3) is 0 Å². The minimum atomic E-state index is -4.58. The third-order valence-electron chi connectivity index (χ3n) is 2.63. The molecule has 1 heterocycles. The van der Waals surface area contributed by atoms with Gasteiger partial charge in [0, 0.05) is 19.5 Å². The third-order valence-corrected chi connectivity index (χ3v) is 2.63. The van der Waals surface area contributed by atoms with E-state index in [0.29, 0.717) is 24.9 Å². The summed E-state index contributed by atoms with van der Waals surface area (Å²) in [5, 5.41) is 6.40. The molecule has 0 amide bonds. The summed E-state index contributed by atoms with van der Waals surface area (Å²) in [6.07, 6.45) is -2.97. The van der Waals surface area contributed by atoms with Gasteiger partial charge in [0.05, 0.1) is 5.56 Å². The molecular weight excluding hydrogens is 278 g/mol. The molecule has 0 saturated carbocycles. The summed E-state index contributed by atoms with van der Waals surface area (Å²) >= 11 is 0. The van der Waals surface area contributed by atoms with Crippen molar-refractivity contribution in [1.82, 2.24) is 15.5 Å². The summed E-state index contributed by atoms with van der Waals surface area (Å²) < 4.78 is 55.6. The predicted molar refractivity (Wildman–Crippen MR) is 61.1 cm³/mol. The number of nitrogens with zero attached hydrogens (tertiary/aromatic N) is 2. The van der Waals surface area contributed by atoms with Crippen molar-refractivity contribution in [2.45, 2.75) is 19.1 Å². The van der Waals surface area contributed by atoms with Crippen LogP contribution in [0.3, 0.4) is 0 Å². The van der Waals surface area contributed by atoms with Crippen molar-refractivity contribution < 1.29 is 22.1 Å². The molecule has 0 atom stereocenters. The van der Waals surface area contributed by atoms with Gasteiger partial charge in [-0.05, 0) is 17.7 Å². The molecule has 0 aliphatic rings. The topological polar surface area (TPSA) is 51.0 Å². The molecule has 0 radical (unpaired) electrons. The maximum Gasteiger partial charge on any atom is 0.416 e. The Balaban J connectivity index is 1.95. The minimum Gasteiger partial charge on any atom is -0.343 e. The molecule has 2 rings (SSSR count). The van der Waals surface area contributed by atoms with Gasteiger partial charge in [0.1, 0.15) is 5.82 Å². The van der Waals surface area contributed by atoms with Crippen LogP contribution in [0, 0.1) is 5.82 Å². The zero-order valence-corrected chi connectivity index (χ0v) is 10.2. The van der Waals surface area contributed by atoms with Crippen LogP contribution >= 0.6 is 0 Å². The maximum absolute atomic E-state index is 12.9. The minimum absolute atomic E-state index is 0.00740. The number of halogens is 4. The molecular formula is C12H11F4N3O. The van der Waals surface area contributed by atoms with Gasteiger partial charge in [-0.2, -0.15) is 18.2 Å². The molecule has 0 bridgehead atoms. The van der Waals surface area contributed by atoms with Crippen LogP contribution in [-0.4, -0.2) is 16.7 Å². The first kappa shape index (κ1) is 14.4. The summed E-state index contributed by atoms with van der Waals surface area (Å²) in [4.78, 5) is 3.78. The summed E-state index contributed by atoms with van der Waals surface area (Å²) in [5.41, 5.74) is -0.975. The average Bonchev–Trinajstić information content (AvgIpc) is 2.88. The Morgan fingerprint density at radius 1 is 1.25 bits per heavy atom. The normalized spacial score (nSPS) is 11.8. The van der Waals surface area contributed by atoms with Crippen LogP contribution < -0.4 is 5.32 Å². The summed E-state index contributed by atoms with van der Waals surface area (Å²) in [6.45, 7) is 0.362. The van der Waals surface area contributed by atoms with Crippen molar-refractivity contribution in [2.24, 2.45) is 0 Å². The molecule has 8 heteroatoms. The number of aromatic nitrogens is 2. The number of alkyl halides is 3. The Kier molecular flexibility index (Phi) is 4.33. The van der Waals surface area contributed by atoms with Gasteiger partial charge in [0.25, 0.3) is 0 Å². The van der Waals surface area contributed by atoms with Gasteiger partial charge in [-0.25, -0.2) is 4.39 Å². The molecule has 0 aliphatic heterocycles. The zero-order valence-electron chi connectivity index (χ0n) is 10.2. The largest absolute Gasteiger partial charge is 0.416 e. The lowest BCUT2D eigenvalue weighted by atomic mass is 10.1. The molecule has 4 nitrogen and oxygen atoms in total. The van der Waals surface area contributed by atoms with E-state index in [1.54, 1.807) is 0 Å². The first-order chi connectivity index (χ1) is 9.47. The van der Waals surface area contributed by atoms with Gasteiger partial charge >= 0.3 is 6.18 Å². The van der Waals surface area contributed by atoms with Gasteiger partial charge in [0.15, 0.2) is 5.82 Å². The maximum atomic E-state index is 12.9. The highest BCUT2D eigenvalue weighted by Gasteiger charge is 2.33. The van der Waals surface area contributed by atoms with Crippen LogP contribution in [0.4, 0.5) is 17.6 Å². The molecule has 1 aromatic carbocycles. The Labute approximate surface area is 111 Å². The molecule has 20 heavy (non-hydrogen) atoms. The van der Waals surface area contributed by atoms with E-state index < -0.39 is 17.6 Å². The molecule has 108 valence electrons. The fraction of sp³-hybridized carbons (Fsp3) is 0.333. The molecule has 2 aromatic rings. The van der Waals surface area contributed by atoms with Crippen LogP contribution in [0.5, 0.6) is 0 Å². The molecule has 0 unspecified atom stereocenters. The van der Waals surface area contributed by atoms with E-state index in [0.717, 1.165) is 12.1 Å². The van der Waals surface area contributed by atoms with Gasteiger partial charge in [-0.3, -0.25) is 0 Å².